The van der Waals surface area contributed by atoms with E-state index < -0.39 is 0 Å². The van der Waals surface area contributed by atoms with E-state index in [9.17, 15) is 0 Å². The highest BCUT2D eigenvalue weighted by Crippen LogP contribution is 2.17. The first-order valence-electron chi connectivity index (χ1n) is 5.37. The van der Waals surface area contributed by atoms with Gasteiger partial charge in [-0.2, -0.15) is 0 Å². The van der Waals surface area contributed by atoms with Crippen LogP contribution in [0.15, 0.2) is 12.2 Å². The van der Waals surface area contributed by atoms with Gasteiger partial charge >= 0.3 is 0 Å². The predicted octanol–water partition coefficient (Wildman–Crippen LogP) is 1.62. The lowest BCUT2D eigenvalue weighted by Gasteiger charge is -2.35. The number of hydrogen-bond donors (Lipinski definition) is 1. The molecule has 1 aliphatic heterocycles. The normalized spacial score (nSPS) is 31.3. The molecule has 0 aromatic carbocycles. The van der Waals surface area contributed by atoms with Crippen LogP contribution in [0.4, 0.5) is 0 Å². The SMILES string of the molecule is C/C=C/CN1CCC(N)C(CC)C1. The molecule has 1 aliphatic rings. The van der Waals surface area contributed by atoms with Crippen molar-refractivity contribution in [3.05, 3.63) is 12.2 Å². The molecule has 2 nitrogen and oxygen atoms in total. The molecule has 2 heteroatoms. The summed E-state index contributed by atoms with van der Waals surface area (Å²) in [5.41, 5.74) is 6.04. The van der Waals surface area contributed by atoms with Gasteiger partial charge in [-0.3, -0.25) is 4.90 Å². The molecule has 76 valence electrons. The highest BCUT2D eigenvalue weighted by atomic mass is 15.1. The first-order valence-corrected chi connectivity index (χ1v) is 5.37. The van der Waals surface area contributed by atoms with E-state index in [0.717, 1.165) is 13.0 Å². The zero-order valence-electron chi connectivity index (χ0n) is 8.87. The lowest BCUT2D eigenvalue weighted by atomic mass is 9.91. The first kappa shape index (κ1) is 10.7. The molecule has 0 aromatic heterocycles. The van der Waals surface area contributed by atoms with Gasteiger partial charge < -0.3 is 5.73 Å². The van der Waals surface area contributed by atoms with Crippen LogP contribution in [0.5, 0.6) is 0 Å². The summed E-state index contributed by atoms with van der Waals surface area (Å²) in [5, 5.41) is 0. The second-order valence-corrected chi connectivity index (χ2v) is 3.95. The van der Waals surface area contributed by atoms with E-state index in [2.05, 4.69) is 30.9 Å². The second kappa shape index (κ2) is 5.40. The van der Waals surface area contributed by atoms with Crippen LogP contribution in [0.25, 0.3) is 0 Å². The Bertz CT molecular complexity index is 165. The maximum atomic E-state index is 6.04. The fraction of sp³-hybridized carbons (Fsp3) is 0.818. The van der Waals surface area contributed by atoms with Gasteiger partial charge in [0, 0.05) is 19.1 Å². The van der Waals surface area contributed by atoms with Crippen LogP contribution in [0.3, 0.4) is 0 Å². The minimum Gasteiger partial charge on any atom is -0.327 e. The number of piperidine rings is 1. The van der Waals surface area contributed by atoms with Crippen molar-refractivity contribution in [2.75, 3.05) is 19.6 Å². The lowest BCUT2D eigenvalue weighted by Crippen LogP contribution is -2.46. The molecule has 0 saturated carbocycles. The molecule has 1 rings (SSSR count). The number of nitrogens with zero attached hydrogens (tertiary/aromatic N) is 1. The smallest absolute Gasteiger partial charge is 0.0163 e. The van der Waals surface area contributed by atoms with Crippen LogP contribution in [-0.2, 0) is 0 Å². The molecule has 0 aliphatic carbocycles. The predicted molar refractivity (Wildman–Crippen MR) is 57.6 cm³/mol. The van der Waals surface area contributed by atoms with Crippen LogP contribution in [-0.4, -0.2) is 30.6 Å². The Morgan fingerprint density at radius 2 is 2.31 bits per heavy atom. The first-order chi connectivity index (χ1) is 6.27. The summed E-state index contributed by atoms with van der Waals surface area (Å²) in [7, 11) is 0. The van der Waals surface area contributed by atoms with E-state index in [4.69, 9.17) is 5.73 Å². The van der Waals surface area contributed by atoms with Crippen molar-refractivity contribution < 1.29 is 0 Å². The van der Waals surface area contributed by atoms with Crippen molar-refractivity contribution in [1.82, 2.24) is 4.90 Å². The number of likely N-dealkylation sites (tertiary alicyclic amines) is 1. The van der Waals surface area contributed by atoms with Crippen molar-refractivity contribution >= 4 is 0 Å². The quantitative estimate of drug-likeness (QED) is 0.672. The molecule has 2 atom stereocenters. The summed E-state index contributed by atoms with van der Waals surface area (Å²) >= 11 is 0. The summed E-state index contributed by atoms with van der Waals surface area (Å²) < 4.78 is 0. The Hall–Kier alpha value is -0.340. The fourth-order valence-electron chi connectivity index (χ4n) is 1.98. The molecule has 0 aromatic rings. The molecule has 2 N–H and O–H groups in total. The summed E-state index contributed by atoms with van der Waals surface area (Å²) in [6, 6.07) is 0.437. The zero-order valence-corrected chi connectivity index (χ0v) is 8.87. The Morgan fingerprint density at radius 3 is 2.92 bits per heavy atom. The number of hydrogen-bond acceptors (Lipinski definition) is 2. The Balaban J connectivity index is 2.35. The van der Waals surface area contributed by atoms with Crippen molar-refractivity contribution in [3.63, 3.8) is 0 Å². The molecule has 2 unspecified atom stereocenters. The van der Waals surface area contributed by atoms with Crippen molar-refractivity contribution in [2.24, 2.45) is 11.7 Å². The summed E-state index contributed by atoms with van der Waals surface area (Å²) in [6.45, 7) is 7.76. The largest absolute Gasteiger partial charge is 0.327 e. The maximum absolute atomic E-state index is 6.04. The number of rotatable bonds is 3. The Labute approximate surface area is 81.8 Å². The highest BCUT2D eigenvalue weighted by Gasteiger charge is 2.24. The van der Waals surface area contributed by atoms with E-state index >= 15 is 0 Å². The van der Waals surface area contributed by atoms with Gasteiger partial charge in [0.05, 0.1) is 0 Å². The summed E-state index contributed by atoms with van der Waals surface area (Å²) in [4.78, 5) is 2.50. The third kappa shape index (κ3) is 3.12. The molecule has 0 spiro atoms. The van der Waals surface area contributed by atoms with Gasteiger partial charge in [0.1, 0.15) is 0 Å². The standard InChI is InChI=1S/C11H22N2/c1-3-5-7-13-8-6-11(12)10(4-2)9-13/h3,5,10-11H,4,6-9,12H2,1-2H3/b5-3+. The molecular weight excluding hydrogens is 160 g/mol. The van der Waals surface area contributed by atoms with Crippen LogP contribution in [0, 0.1) is 5.92 Å². The minimum absolute atomic E-state index is 0.437. The van der Waals surface area contributed by atoms with E-state index in [1.807, 2.05) is 0 Å². The third-order valence-electron chi connectivity index (χ3n) is 3.00. The van der Waals surface area contributed by atoms with Crippen LogP contribution < -0.4 is 5.73 Å². The minimum atomic E-state index is 0.437. The van der Waals surface area contributed by atoms with Gasteiger partial charge in [0.25, 0.3) is 0 Å². The fourth-order valence-corrected chi connectivity index (χ4v) is 1.98. The molecule has 1 heterocycles. The lowest BCUT2D eigenvalue weighted by molar-refractivity contribution is 0.166. The van der Waals surface area contributed by atoms with E-state index in [-0.39, 0.29) is 0 Å². The Morgan fingerprint density at radius 1 is 1.54 bits per heavy atom. The molecule has 1 saturated heterocycles. The molecule has 1 fully saturated rings. The zero-order chi connectivity index (χ0) is 9.68. The average Bonchev–Trinajstić information content (AvgIpc) is 2.16. The molecule has 13 heavy (non-hydrogen) atoms. The van der Waals surface area contributed by atoms with Crippen LogP contribution in [0.2, 0.25) is 0 Å². The molecular formula is C11H22N2. The second-order valence-electron chi connectivity index (χ2n) is 3.95. The van der Waals surface area contributed by atoms with Gasteiger partial charge in [0.15, 0.2) is 0 Å². The van der Waals surface area contributed by atoms with Gasteiger partial charge in [-0.05, 0) is 25.8 Å². The van der Waals surface area contributed by atoms with E-state index in [1.165, 1.54) is 19.5 Å². The Kier molecular flexibility index (Phi) is 4.46. The van der Waals surface area contributed by atoms with Crippen molar-refractivity contribution in [2.45, 2.75) is 32.7 Å². The van der Waals surface area contributed by atoms with Crippen molar-refractivity contribution in [1.29, 1.82) is 0 Å². The van der Waals surface area contributed by atoms with Gasteiger partial charge in [-0.1, -0.05) is 25.5 Å². The van der Waals surface area contributed by atoms with Gasteiger partial charge in [0.2, 0.25) is 0 Å². The maximum Gasteiger partial charge on any atom is 0.0163 e. The van der Waals surface area contributed by atoms with Crippen molar-refractivity contribution in [3.8, 4) is 0 Å². The van der Waals surface area contributed by atoms with Gasteiger partial charge in [-0.25, -0.2) is 0 Å². The monoisotopic (exact) mass is 182 g/mol. The topological polar surface area (TPSA) is 29.3 Å². The molecule has 0 bridgehead atoms. The summed E-state index contributed by atoms with van der Waals surface area (Å²) in [6.07, 6.45) is 6.72. The highest BCUT2D eigenvalue weighted by molar-refractivity contribution is 4.87. The molecule has 0 amide bonds. The van der Waals surface area contributed by atoms with Crippen LogP contribution >= 0.6 is 0 Å². The van der Waals surface area contributed by atoms with E-state index in [1.54, 1.807) is 0 Å². The van der Waals surface area contributed by atoms with E-state index in [0.29, 0.717) is 12.0 Å². The molecule has 0 radical (unpaired) electrons. The van der Waals surface area contributed by atoms with Gasteiger partial charge in [-0.15, -0.1) is 0 Å². The number of nitrogens with two attached hydrogens (primary N) is 1. The number of allylic oxidation sites excluding steroid dienone is 1. The average molecular weight is 182 g/mol. The summed E-state index contributed by atoms with van der Waals surface area (Å²) in [5.74, 6) is 0.707. The van der Waals surface area contributed by atoms with Crippen LogP contribution in [0.1, 0.15) is 26.7 Å². The third-order valence-corrected chi connectivity index (χ3v) is 3.00.